The highest BCUT2D eigenvalue weighted by Gasteiger charge is 2.43. The predicted octanol–water partition coefficient (Wildman–Crippen LogP) is 6.95. The van der Waals surface area contributed by atoms with Crippen LogP contribution >= 0.6 is 0 Å². The van der Waals surface area contributed by atoms with Gasteiger partial charge in [-0.25, -0.2) is 0 Å². The van der Waals surface area contributed by atoms with E-state index in [-0.39, 0.29) is 0 Å². The van der Waals surface area contributed by atoms with Gasteiger partial charge in [0.25, 0.3) is 0 Å². The molecule has 33 heavy (non-hydrogen) atoms. The van der Waals surface area contributed by atoms with Crippen LogP contribution in [-0.4, -0.2) is 8.07 Å². The van der Waals surface area contributed by atoms with Gasteiger partial charge >= 0.3 is 0 Å². The average molecular weight is 451 g/mol. The summed E-state index contributed by atoms with van der Waals surface area (Å²) in [5.41, 5.74) is 4.27. The summed E-state index contributed by atoms with van der Waals surface area (Å²) in [6.45, 7) is 13.8. The molecule has 0 saturated carbocycles. The van der Waals surface area contributed by atoms with Crippen molar-refractivity contribution in [2.45, 2.75) is 65.7 Å². The number of allylic oxidation sites excluding steroid dienone is 4. The molecule has 4 rings (SSSR count). The van der Waals surface area contributed by atoms with E-state index < -0.39 is 8.07 Å². The highest BCUT2D eigenvalue weighted by Crippen LogP contribution is 2.26. The third kappa shape index (κ3) is 4.44. The van der Waals surface area contributed by atoms with Crippen LogP contribution in [0.3, 0.4) is 0 Å². The fourth-order valence-corrected chi connectivity index (χ4v) is 10.1. The summed E-state index contributed by atoms with van der Waals surface area (Å²) in [7, 11) is -2.45. The maximum Gasteiger partial charge on any atom is 0.179 e. The molecule has 0 aromatic heterocycles. The molecule has 0 saturated heterocycles. The van der Waals surface area contributed by atoms with Gasteiger partial charge in [-0.3, -0.25) is 0 Å². The molecular formula is C32H38Si. The molecule has 0 aliphatic heterocycles. The Morgan fingerprint density at radius 1 is 0.576 bits per heavy atom. The van der Waals surface area contributed by atoms with Crippen molar-refractivity contribution < 1.29 is 0 Å². The quantitative estimate of drug-likeness (QED) is 0.270. The Bertz CT molecular complexity index is 1050. The average Bonchev–Trinajstić information content (AvgIpc) is 3.35. The summed E-state index contributed by atoms with van der Waals surface area (Å²) in [5, 5.41) is 6.00. The molecule has 0 nitrogen and oxygen atoms in total. The van der Waals surface area contributed by atoms with Crippen molar-refractivity contribution in [3.05, 3.63) is 113 Å². The molecule has 0 bridgehead atoms. The molecule has 1 aliphatic rings. The topological polar surface area (TPSA) is 0 Å². The number of rotatable bonds is 7. The monoisotopic (exact) mass is 450 g/mol. The lowest BCUT2D eigenvalue weighted by atomic mass is 10.0. The second-order valence-corrected chi connectivity index (χ2v) is 14.2. The molecular weight excluding hydrogens is 412 g/mol. The first-order chi connectivity index (χ1) is 15.8. The van der Waals surface area contributed by atoms with Crippen molar-refractivity contribution in [2.75, 3.05) is 0 Å². The van der Waals surface area contributed by atoms with Gasteiger partial charge in [-0.15, -0.1) is 0 Å². The van der Waals surface area contributed by atoms with Crippen LogP contribution in [0.25, 0.3) is 0 Å². The SMILES string of the molecule is CC(C)c1cccc([Si](C2=CCC=C2)(c2cccc(C(C)C)c2)c2cccc(C(C)C)c2)c1. The largest absolute Gasteiger partial charge is 0.179 e. The van der Waals surface area contributed by atoms with Gasteiger partial charge in [0.2, 0.25) is 0 Å². The number of hydrogen-bond donors (Lipinski definition) is 0. The summed E-state index contributed by atoms with van der Waals surface area (Å²) in [6.07, 6.45) is 8.26. The molecule has 0 radical (unpaired) electrons. The Morgan fingerprint density at radius 2 is 0.970 bits per heavy atom. The maximum absolute atomic E-state index is 2.51. The van der Waals surface area contributed by atoms with Gasteiger partial charge in [-0.1, -0.05) is 133 Å². The summed E-state index contributed by atoms with van der Waals surface area (Å²) in [4.78, 5) is 0. The van der Waals surface area contributed by atoms with Crippen LogP contribution < -0.4 is 15.6 Å². The normalized spacial score (nSPS) is 13.9. The summed E-state index contributed by atoms with van der Waals surface area (Å²) in [6, 6.07) is 28.4. The standard InChI is InChI=1S/C32H38Si/c1-23(2)26-12-9-17-30(20-26)33(29-15-7-8-16-29,31-18-10-13-27(21-31)24(3)4)32-19-11-14-28(22-32)25(5)6/h7,9-25H,8H2,1-6H3. The molecule has 1 aliphatic carbocycles. The van der Waals surface area contributed by atoms with Crippen molar-refractivity contribution in [3.63, 3.8) is 0 Å². The van der Waals surface area contributed by atoms with Gasteiger partial charge in [-0.05, 0) is 61.6 Å². The van der Waals surface area contributed by atoms with Crippen LogP contribution in [0.4, 0.5) is 0 Å². The molecule has 0 unspecified atom stereocenters. The van der Waals surface area contributed by atoms with Gasteiger partial charge < -0.3 is 0 Å². The Hall–Kier alpha value is -2.64. The highest BCUT2D eigenvalue weighted by molar-refractivity contribution is 7.16. The highest BCUT2D eigenvalue weighted by atomic mass is 28.3. The van der Waals surface area contributed by atoms with Crippen LogP contribution in [0.15, 0.2) is 96.2 Å². The van der Waals surface area contributed by atoms with Crippen LogP contribution in [0.5, 0.6) is 0 Å². The third-order valence-electron chi connectivity index (χ3n) is 7.16. The smallest absolute Gasteiger partial charge is 0.0808 e. The van der Waals surface area contributed by atoms with Crippen molar-refractivity contribution in [1.82, 2.24) is 0 Å². The number of hydrogen-bond acceptors (Lipinski definition) is 0. The van der Waals surface area contributed by atoms with Crippen LogP contribution in [0.1, 0.15) is 82.4 Å². The second-order valence-electron chi connectivity index (χ2n) is 10.4. The van der Waals surface area contributed by atoms with Gasteiger partial charge in [-0.2, -0.15) is 0 Å². The fourth-order valence-electron chi connectivity index (χ4n) is 5.13. The molecule has 0 spiro atoms. The van der Waals surface area contributed by atoms with Crippen molar-refractivity contribution in [3.8, 4) is 0 Å². The lowest BCUT2D eigenvalue weighted by Gasteiger charge is -2.36. The Morgan fingerprint density at radius 3 is 1.27 bits per heavy atom. The summed E-state index contributed by atoms with van der Waals surface area (Å²) in [5.74, 6) is 1.52. The minimum absolute atomic E-state index is 0.508. The molecule has 0 atom stereocenters. The summed E-state index contributed by atoms with van der Waals surface area (Å²) >= 11 is 0. The minimum atomic E-state index is -2.45. The molecule has 3 aromatic carbocycles. The zero-order valence-electron chi connectivity index (χ0n) is 21.1. The van der Waals surface area contributed by atoms with E-state index in [4.69, 9.17) is 0 Å². The van der Waals surface area contributed by atoms with Crippen molar-refractivity contribution >= 4 is 23.6 Å². The van der Waals surface area contributed by atoms with E-state index >= 15 is 0 Å². The zero-order chi connectivity index (χ0) is 23.6. The first-order valence-electron chi connectivity index (χ1n) is 12.5. The molecule has 0 fully saturated rings. The van der Waals surface area contributed by atoms with E-state index in [9.17, 15) is 0 Å². The lowest BCUT2D eigenvalue weighted by molar-refractivity contribution is 0.867. The van der Waals surface area contributed by atoms with Crippen molar-refractivity contribution in [2.24, 2.45) is 0 Å². The first kappa shape index (κ1) is 23.5. The van der Waals surface area contributed by atoms with E-state index in [0.717, 1.165) is 6.42 Å². The third-order valence-corrected chi connectivity index (χ3v) is 11.9. The fraction of sp³-hybridized carbons (Fsp3) is 0.312. The maximum atomic E-state index is 2.51. The van der Waals surface area contributed by atoms with Gasteiger partial charge in [0.15, 0.2) is 8.07 Å². The molecule has 0 heterocycles. The van der Waals surface area contributed by atoms with Crippen LogP contribution in [-0.2, 0) is 0 Å². The molecule has 0 N–H and O–H groups in total. The Labute approximate surface area is 202 Å². The molecule has 0 amide bonds. The van der Waals surface area contributed by atoms with Gasteiger partial charge in [0.1, 0.15) is 0 Å². The van der Waals surface area contributed by atoms with Crippen LogP contribution in [0, 0.1) is 0 Å². The molecule has 1 heteroatoms. The minimum Gasteiger partial charge on any atom is -0.0808 e. The molecule has 3 aromatic rings. The zero-order valence-corrected chi connectivity index (χ0v) is 22.1. The first-order valence-corrected chi connectivity index (χ1v) is 14.5. The number of benzene rings is 3. The Balaban J connectivity index is 2.12. The van der Waals surface area contributed by atoms with E-state index in [2.05, 4.69) is 133 Å². The predicted molar refractivity (Wildman–Crippen MR) is 148 cm³/mol. The molecule has 170 valence electrons. The van der Waals surface area contributed by atoms with E-state index in [1.807, 2.05) is 0 Å². The lowest BCUT2D eigenvalue weighted by Crippen LogP contribution is -2.68. The van der Waals surface area contributed by atoms with E-state index in [0.29, 0.717) is 17.8 Å². The van der Waals surface area contributed by atoms with Gasteiger partial charge in [0.05, 0.1) is 0 Å². The summed E-state index contributed by atoms with van der Waals surface area (Å²) < 4.78 is 0. The Kier molecular flexibility index (Phi) is 6.90. The second kappa shape index (κ2) is 9.69. The van der Waals surface area contributed by atoms with Crippen molar-refractivity contribution in [1.29, 1.82) is 0 Å². The van der Waals surface area contributed by atoms with E-state index in [1.54, 1.807) is 0 Å². The van der Waals surface area contributed by atoms with E-state index in [1.165, 1.54) is 37.4 Å². The van der Waals surface area contributed by atoms with Gasteiger partial charge in [0, 0.05) is 0 Å². The van der Waals surface area contributed by atoms with Crippen LogP contribution in [0.2, 0.25) is 0 Å².